The second-order valence-electron chi connectivity index (χ2n) is 15.8. The summed E-state index contributed by atoms with van der Waals surface area (Å²) in [4.78, 5) is 107. The summed E-state index contributed by atoms with van der Waals surface area (Å²) in [6, 6.07) is 6.85. The molecule has 10 N–H and O–H groups in total. The van der Waals surface area contributed by atoms with Crippen LogP contribution in [0.3, 0.4) is 0 Å². The van der Waals surface area contributed by atoms with E-state index in [4.69, 9.17) is 4.55 Å². The molecule has 25 heteroatoms. The molecule has 0 radical (unpaired) electrons. The Balaban J connectivity index is 1.90. The van der Waals surface area contributed by atoms with Gasteiger partial charge in [0.15, 0.2) is 0 Å². The lowest BCUT2D eigenvalue weighted by molar-refractivity contribution is -0.141. The quantitative estimate of drug-likeness (QED) is 0.0383. The minimum absolute atomic E-state index is 0.0926. The monoisotopic (exact) mass is 948 g/mol. The molecule has 1 atom stereocenters. The fourth-order valence-electron chi connectivity index (χ4n) is 7.41. The third kappa shape index (κ3) is 20.0. The zero-order valence-electron chi connectivity index (χ0n) is 36.0. The van der Waals surface area contributed by atoms with Gasteiger partial charge in [0, 0.05) is 80.1 Å². The fourth-order valence-corrected chi connectivity index (χ4v) is 7.75. The highest BCUT2D eigenvalue weighted by atomic mass is 32.2. The number of aryl methyl sites for hydroxylation is 1. The summed E-state index contributed by atoms with van der Waals surface area (Å²) in [7, 11) is 0. The van der Waals surface area contributed by atoms with Gasteiger partial charge in [0.2, 0.25) is 11.8 Å². The van der Waals surface area contributed by atoms with Crippen molar-refractivity contribution in [2.75, 3.05) is 11.3 Å². The van der Waals surface area contributed by atoms with Gasteiger partial charge < -0.3 is 50.4 Å². The Kier molecular flexibility index (Phi) is 21.3. The van der Waals surface area contributed by atoms with Crippen molar-refractivity contribution in [3.8, 4) is 0 Å². The second kappa shape index (κ2) is 26.3. The Morgan fingerprint density at radius 3 is 1.24 bits per heavy atom. The summed E-state index contributed by atoms with van der Waals surface area (Å²) in [5, 5.41) is 61.9. The predicted molar refractivity (Wildman–Crippen MR) is 231 cm³/mol. The topological polar surface area (TPSA) is 370 Å². The van der Waals surface area contributed by atoms with Crippen molar-refractivity contribution in [2.45, 2.75) is 127 Å². The van der Waals surface area contributed by atoms with Gasteiger partial charge in [0.1, 0.15) is 24.7 Å². The smallest absolute Gasteiger partial charge is 0.303 e. The van der Waals surface area contributed by atoms with Crippen LogP contribution in [0, 0.1) is 0 Å². The Labute approximate surface area is 380 Å². The minimum atomic E-state index is -2.26. The van der Waals surface area contributed by atoms with Crippen LogP contribution >= 0.6 is 0 Å². The zero-order valence-corrected chi connectivity index (χ0v) is 36.8. The number of anilines is 1. The molecule has 0 aliphatic carbocycles. The lowest BCUT2D eigenvalue weighted by Gasteiger charge is -2.34. The van der Waals surface area contributed by atoms with E-state index in [-0.39, 0.29) is 64.7 Å². The van der Waals surface area contributed by atoms with Crippen LogP contribution in [0.25, 0.3) is 0 Å². The average Bonchev–Trinajstić information content (AvgIpc) is 3.86. The number of carbonyl (C=O) groups is 8. The molecule has 3 rings (SSSR count). The van der Waals surface area contributed by atoms with Gasteiger partial charge >= 0.3 is 35.8 Å². The van der Waals surface area contributed by atoms with Crippen LogP contribution < -0.4 is 15.4 Å². The van der Waals surface area contributed by atoms with E-state index in [2.05, 4.69) is 25.3 Å². The van der Waals surface area contributed by atoms with Gasteiger partial charge in [-0.05, 0) is 75.6 Å². The number of aliphatic carboxylic acids is 6. The summed E-state index contributed by atoms with van der Waals surface area (Å²) in [5.41, 5.74) is -1.60. The molecule has 0 aliphatic heterocycles. The Bertz CT molecular complexity index is 1970. The molecule has 0 bridgehead atoms. The lowest BCUT2D eigenvalue weighted by Crippen LogP contribution is -2.50. The van der Waals surface area contributed by atoms with Gasteiger partial charge in [0.05, 0.1) is 13.1 Å². The van der Waals surface area contributed by atoms with Crippen LogP contribution in [0.4, 0.5) is 5.69 Å². The number of carboxylic acids is 6. The largest absolute Gasteiger partial charge is 0.481 e. The van der Waals surface area contributed by atoms with E-state index in [1.54, 1.807) is 24.3 Å². The van der Waals surface area contributed by atoms with Crippen LogP contribution in [-0.2, 0) is 82.2 Å². The summed E-state index contributed by atoms with van der Waals surface area (Å²) in [6.07, 6.45) is 2.88. The molecule has 0 spiro atoms. The van der Waals surface area contributed by atoms with Gasteiger partial charge in [-0.25, -0.2) is 14.2 Å². The van der Waals surface area contributed by atoms with Crippen molar-refractivity contribution in [3.63, 3.8) is 0 Å². The molecule has 1 aromatic carbocycles. The number of nitrogens with zero attached hydrogens (tertiary/aromatic N) is 5. The van der Waals surface area contributed by atoms with E-state index >= 15 is 0 Å². The van der Waals surface area contributed by atoms with Gasteiger partial charge in [-0.1, -0.05) is 12.1 Å². The highest BCUT2D eigenvalue weighted by Crippen LogP contribution is 2.28. The maximum Gasteiger partial charge on any atom is 0.303 e. The first kappa shape index (κ1) is 53.6. The zero-order chi connectivity index (χ0) is 48.9. The molecule has 362 valence electrons. The van der Waals surface area contributed by atoms with Crippen molar-refractivity contribution in [3.05, 3.63) is 66.3 Å². The van der Waals surface area contributed by atoms with Crippen molar-refractivity contribution >= 4 is 64.6 Å². The first-order valence-electron chi connectivity index (χ1n) is 20.8. The number of hydrogen-bond acceptors (Lipinski definition) is 12. The van der Waals surface area contributed by atoms with E-state index in [0.717, 1.165) is 5.56 Å². The van der Waals surface area contributed by atoms with Crippen LogP contribution in [0.5, 0.6) is 0 Å². The normalized spacial score (nSPS) is 12.0. The summed E-state index contributed by atoms with van der Waals surface area (Å²) in [6.45, 7) is -0.159. The highest BCUT2D eigenvalue weighted by Gasteiger charge is 2.35. The number of carboxylic acid groups (broad SMARTS) is 6. The minimum Gasteiger partial charge on any atom is -0.481 e. The molecular weight excluding hydrogens is 893 g/mol. The highest BCUT2D eigenvalue weighted by molar-refractivity contribution is 7.80. The van der Waals surface area contributed by atoms with Crippen molar-refractivity contribution in [1.29, 1.82) is 0 Å². The van der Waals surface area contributed by atoms with Crippen molar-refractivity contribution in [1.82, 2.24) is 34.6 Å². The number of aromatic nitrogens is 4. The van der Waals surface area contributed by atoms with Gasteiger partial charge in [-0.2, -0.15) is 0 Å². The van der Waals surface area contributed by atoms with E-state index in [1.807, 2.05) is 4.90 Å². The first-order valence-corrected chi connectivity index (χ1v) is 21.9. The SMILES string of the molecule is O=C(O)CCC(CCC(=O)O)(CCC(=O)O)NC(=O)Cn1ccnc1CN(CCCc1ccc(NS(=O)O)cc1)Cc1nccn1CC(=O)NC(CCC(=O)O)(CCC(=O)O)CCC(=O)O. The number of imidazole rings is 2. The van der Waals surface area contributed by atoms with Gasteiger partial charge in [0.25, 0.3) is 11.3 Å². The number of nitrogens with one attached hydrogen (secondary N) is 3. The number of carbonyl (C=O) groups excluding carboxylic acids is 2. The number of benzene rings is 1. The fraction of sp³-hybridized carbons (Fsp3) is 0.512. The molecule has 3 aromatic rings. The summed E-state index contributed by atoms with van der Waals surface area (Å²) >= 11 is -2.26. The molecule has 2 amide bonds. The number of hydrogen-bond donors (Lipinski definition) is 10. The molecule has 0 fully saturated rings. The van der Waals surface area contributed by atoms with E-state index in [9.17, 15) is 73.2 Å². The Morgan fingerprint density at radius 2 is 0.924 bits per heavy atom. The Morgan fingerprint density at radius 1 is 0.576 bits per heavy atom. The molecule has 0 aliphatic rings. The summed E-state index contributed by atoms with van der Waals surface area (Å²) in [5.74, 6) is -7.88. The molecule has 66 heavy (non-hydrogen) atoms. The maximum atomic E-state index is 13.6. The number of amides is 2. The van der Waals surface area contributed by atoms with Crippen LogP contribution in [-0.4, -0.2) is 129 Å². The molecule has 2 heterocycles. The third-order valence-electron chi connectivity index (χ3n) is 10.8. The predicted octanol–water partition coefficient (Wildman–Crippen LogP) is 2.16. The van der Waals surface area contributed by atoms with Gasteiger partial charge in [-0.15, -0.1) is 0 Å². The molecule has 24 nitrogen and oxygen atoms in total. The molecule has 1 unspecified atom stereocenters. The van der Waals surface area contributed by atoms with E-state index in [1.165, 1.54) is 33.9 Å². The second-order valence-corrected chi connectivity index (χ2v) is 16.5. The van der Waals surface area contributed by atoms with Crippen molar-refractivity contribution in [2.24, 2.45) is 0 Å². The summed E-state index contributed by atoms with van der Waals surface area (Å²) < 4.78 is 25.7. The number of rotatable bonds is 34. The van der Waals surface area contributed by atoms with Crippen molar-refractivity contribution < 1.29 is 77.8 Å². The van der Waals surface area contributed by atoms with E-state index in [0.29, 0.717) is 36.7 Å². The average molecular weight is 949 g/mol. The maximum absolute atomic E-state index is 13.6. The lowest BCUT2D eigenvalue weighted by atomic mass is 9.83. The van der Waals surface area contributed by atoms with Crippen LogP contribution in [0.15, 0.2) is 49.1 Å². The molecule has 0 saturated heterocycles. The molecule has 2 aromatic heterocycles. The third-order valence-corrected chi connectivity index (χ3v) is 11.2. The Hall–Kier alpha value is -6.73. The van der Waals surface area contributed by atoms with Gasteiger partial charge in [-0.3, -0.25) is 52.5 Å². The molecular formula is C41H56N8O16S. The van der Waals surface area contributed by atoms with E-state index < -0.39 is 108 Å². The molecule has 0 saturated carbocycles. The standard InChI is InChI=1S/C41H56N8O16S/c50-32(44-40(13-7-34(52)53,14-8-35(54)55)15-9-36(56)57)26-48-22-19-42-30(48)24-47(21-1-2-28-3-5-29(6-4-28)46-66(64)65)25-31-43-20-23-49(31)27-33(51)45-41(16-10-37(58)59,17-11-38(60)61)18-12-39(62)63/h3-6,19-20,22-23,46H,1-2,7-18,21,24-27H2,(H,44,50)(H,45,51)(H,52,53)(H,54,55)(H,56,57)(H,58,59)(H,60,61)(H,62,63)(H,64,65). The van der Waals surface area contributed by atoms with Crippen LogP contribution in [0.2, 0.25) is 0 Å². The van der Waals surface area contributed by atoms with Crippen LogP contribution in [0.1, 0.15) is 101 Å². The first-order chi connectivity index (χ1) is 31.2.